The van der Waals surface area contributed by atoms with E-state index >= 15 is 0 Å². The zero-order valence-electron chi connectivity index (χ0n) is 14.2. The number of aromatic nitrogens is 2. The molecule has 0 radical (unpaired) electrons. The van der Waals surface area contributed by atoms with Crippen LogP contribution in [0, 0.1) is 6.92 Å². The molecule has 128 valence electrons. The van der Waals surface area contributed by atoms with Crippen molar-refractivity contribution in [2.45, 2.75) is 31.2 Å². The normalized spacial score (nSPS) is 10.7. The average molecular weight is 371 g/mol. The molecule has 3 aromatic rings. The summed E-state index contributed by atoms with van der Waals surface area (Å²) in [5, 5.41) is 1.45. The van der Waals surface area contributed by atoms with Crippen LogP contribution in [0.5, 0.6) is 11.6 Å². The van der Waals surface area contributed by atoms with Gasteiger partial charge in [-0.25, -0.2) is 4.98 Å². The minimum Gasteiger partial charge on any atom is -0.439 e. The molecule has 0 amide bonds. The Morgan fingerprint density at radius 2 is 1.84 bits per heavy atom. The number of nitrogens with zero attached hydrogens (tertiary/aromatic N) is 2. The number of hydrogen-bond acceptors (Lipinski definition) is 4. The lowest BCUT2D eigenvalue weighted by atomic mass is 10.2. The molecule has 0 N–H and O–H groups in total. The molecule has 0 aliphatic heterocycles. The maximum atomic E-state index is 6.07. The topological polar surface area (TPSA) is 35.0 Å². The van der Waals surface area contributed by atoms with Crippen LogP contribution in [-0.2, 0) is 12.2 Å². The van der Waals surface area contributed by atoms with Crippen molar-refractivity contribution in [3.63, 3.8) is 0 Å². The summed E-state index contributed by atoms with van der Waals surface area (Å²) in [5.74, 6) is 2.11. The first-order valence-corrected chi connectivity index (χ1v) is 9.49. The van der Waals surface area contributed by atoms with Crippen molar-refractivity contribution in [3.05, 3.63) is 76.4 Å². The lowest BCUT2D eigenvalue weighted by Gasteiger charge is -2.09. The van der Waals surface area contributed by atoms with Crippen LogP contribution in [0.4, 0.5) is 0 Å². The molecule has 0 aliphatic carbocycles. The average Bonchev–Trinajstić information content (AvgIpc) is 2.64. The summed E-state index contributed by atoms with van der Waals surface area (Å²) in [6.45, 7) is 4.03. The second-order valence-electron chi connectivity index (χ2n) is 5.62. The minimum absolute atomic E-state index is 0.559. The Kier molecular flexibility index (Phi) is 5.95. The molecule has 3 rings (SSSR count). The molecule has 25 heavy (non-hydrogen) atoms. The quantitative estimate of drug-likeness (QED) is 0.388. The molecule has 2 aromatic carbocycles. The summed E-state index contributed by atoms with van der Waals surface area (Å²) >= 11 is 7.68. The summed E-state index contributed by atoms with van der Waals surface area (Å²) in [6, 6.07) is 17.8. The van der Waals surface area contributed by atoms with Gasteiger partial charge in [0.1, 0.15) is 5.75 Å². The maximum absolute atomic E-state index is 6.07. The van der Waals surface area contributed by atoms with Crippen LogP contribution in [0.1, 0.15) is 23.7 Å². The monoisotopic (exact) mass is 370 g/mol. The van der Waals surface area contributed by atoms with Gasteiger partial charge in [-0.3, -0.25) is 0 Å². The second-order valence-corrected chi connectivity index (χ2v) is 6.97. The first kappa shape index (κ1) is 17.8. The van der Waals surface area contributed by atoms with E-state index in [1.165, 1.54) is 5.56 Å². The molecule has 0 atom stereocenters. The fraction of sp³-hybridized carbons (Fsp3) is 0.200. The van der Waals surface area contributed by atoms with E-state index in [9.17, 15) is 0 Å². The number of benzene rings is 2. The van der Waals surface area contributed by atoms with Crippen molar-refractivity contribution >= 4 is 23.4 Å². The molecule has 0 aliphatic rings. The van der Waals surface area contributed by atoms with Gasteiger partial charge in [0.15, 0.2) is 5.16 Å². The van der Waals surface area contributed by atoms with Crippen LogP contribution in [0.15, 0.2) is 59.8 Å². The first-order valence-electron chi connectivity index (χ1n) is 8.12. The van der Waals surface area contributed by atoms with Gasteiger partial charge in [-0.1, -0.05) is 60.6 Å². The Balaban J connectivity index is 1.78. The summed E-state index contributed by atoms with van der Waals surface area (Å²) in [5.41, 5.74) is 3.18. The van der Waals surface area contributed by atoms with E-state index in [0.29, 0.717) is 5.88 Å². The SMILES string of the molecule is CCc1cc(Oc2ccc(Cl)c(C)c2)nc(SCc2ccccc2)n1. The lowest BCUT2D eigenvalue weighted by Crippen LogP contribution is -1.97. The van der Waals surface area contributed by atoms with Crippen LogP contribution in [0.2, 0.25) is 5.02 Å². The van der Waals surface area contributed by atoms with Gasteiger partial charge in [-0.05, 0) is 42.7 Å². The van der Waals surface area contributed by atoms with Gasteiger partial charge in [0.2, 0.25) is 5.88 Å². The predicted molar refractivity (Wildman–Crippen MR) is 104 cm³/mol. The van der Waals surface area contributed by atoms with E-state index in [4.69, 9.17) is 16.3 Å². The highest BCUT2D eigenvalue weighted by Crippen LogP contribution is 2.27. The smallest absolute Gasteiger partial charge is 0.223 e. The fourth-order valence-electron chi connectivity index (χ4n) is 2.27. The van der Waals surface area contributed by atoms with E-state index in [1.807, 2.05) is 49.4 Å². The van der Waals surface area contributed by atoms with Gasteiger partial charge in [-0.2, -0.15) is 4.98 Å². The summed E-state index contributed by atoms with van der Waals surface area (Å²) in [7, 11) is 0. The van der Waals surface area contributed by atoms with Crippen molar-refractivity contribution in [1.29, 1.82) is 0 Å². The van der Waals surface area contributed by atoms with Crippen LogP contribution in [0.3, 0.4) is 0 Å². The molecule has 5 heteroatoms. The molecule has 0 saturated heterocycles. The largest absolute Gasteiger partial charge is 0.439 e. The van der Waals surface area contributed by atoms with E-state index in [0.717, 1.165) is 39.4 Å². The molecule has 0 spiro atoms. The van der Waals surface area contributed by atoms with Crippen LogP contribution in [-0.4, -0.2) is 9.97 Å². The fourth-order valence-corrected chi connectivity index (χ4v) is 3.21. The number of hydrogen-bond donors (Lipinski definition) is 0. The van der Waals surface area contributed by atoms with Crippen molar-refractivity contribution in [1.82, 2.24) is 9.97 Å². The molecule has 0 fully saturated rings. The van der Waals surface area contributed by atoms with Crippen molar-refractivity contribution in [3.8, 4) is 11.6 Å². The van der Waals surface area contributed by atoms with Crippen molar-refractivity contribution in [2.24, 2.45) is 0 Å². The van der Waals surface area contributed by atoms with Gasteiger partial charge < -0.3 is 4.74 Å². The Bertz CT molecular complexity index is 856. The Morgan fingerprint density at radius 1 is 1.04 bits per heavy atom. The third-order valence-electron chi connectivity index (χ3n) is 3.66. The number of ether oxygens (including phenoxy) is 1. The van der Waals surface area contributed by atoms with Crippen LogP contribution < -0.4 is 4.74 Å². The van der Waals surface area contributed by atoms with E-state index in [2.05, 4.69) is 29.0 Å². The molecule has 0 saturated carbocycles. The standard InChI is InChI=1S/C20H19ClN2OS/c1-3-16-12-19(24-17-9-10-18(21)14(2)11-17)23-20(22-16)25-13-15-7-5-4-6-8-15/h4-12H,3,13H2,1-2H3. The molecular weight excluding hydrogens is 352 g/mol. The van der Waals surface area contributed by atoms with Crippen molar-refractivity contribution < 1.29 is 4.74 Å². The Labute approximate surface area is 157 Å². The molecule has 3 nitrogen and oxygen atoms in total. The maximum Gasteiger partial charge on any atom is 0.223 e. The highest BCUT2D eigenvalue weighted by molar-refractivity contribution is 7.98. The van der Waals surface area contributed by atoms with E-state index in [1.54, 1.807) is 11.8 Å². The van der Waals surface area contributed by atoms with Gasteiger partial charge in [0.25, 0.3) is 0 Å². The number of rotatable bonds is 6. The Hall–Kier alpha value is -2.04. The number of thioether (sulfide) groups is 1. The molecule has 1 heterocycles. The Morgan fingerprint density at radius 3 is 2.56 bits per heavy atom. The molecule has 0 unspecified atom stereocenters. The summed E-state index contributed by atoms with van der Waals surface area (Å²) < 4.78 is 5.93. The van der Waals surface area contributed by atoms with Crippen LogP contribution in [0.25, 0.3) is 0 Å². The minimum atomic E-state index is 0.559. The second kappa shape index (κ2) is 8.37. The van der Waals surface area contributed by atoms with Gasteiger partial charge in [-0.15, -0.1) is 0 Å². The number of aryl methyl sites for hydroxylation is 2. The number of halogens is 1. The highest BCUT2D eigenvalue weighted by Gasteiger charge is 2.08. The van der Waals surface area contributed by atoms with Gasteiger partial charge in [0, 0.05) is 22.5 Å². The molecule has 1 aromatic heterocycles. The molecule has 0 bridgehead atoms. The summed E-state index contributed by atoms with van der Waals surface area (Å²) in [6.07, 6.45) is 0.831. The van der Waals surface area contributed by atoms with E-state index < -0.39 is 0 Å². The van der Waals surface area contributed by atoms with Crippen molar-refractivity contribution in [2.75, 3.05) is 0 Å². The zero-order chi connectivity index (χ0) is 17.6. The lowest BCUT2D eigenvalue weighted by molar-refractivity contribution is 0.453. The van der Waals surface area contributed by atoms with Crippen LogP contribution >= 0.6 is 23.4 Å². The molecular formula is C20H19ClN2OS. The van der Waals surface area contributed by atoms with Gasteiger partial charge >= 0.3 is 0 Å². The first-order chi connectivity index (χ1) is 12.1. The predicted octanol–water partition coefficient (Wildman–Crippen LogP) is 6.09. The van der Waals surface area contributed by atoms with Gasteiger partial charge in [0.05, 0.1) is 0 Å². The summed E-state index contributed by atoms with van der Waals surface area (Å²) in [4.78, 5) is 9.13. The third-order valence-corrected chi connectivity index (χ3v) is 5.00. The highest BCUT2D eigenvalue weighted by atomic mass is 35.5. The third kappa shape index (κ3) is 4.97. The zero-order valence-corrected chi connectivity index (χ0v) is 15.8. The van der Waals surface area contributed by atoms with E-state index in [-0.39, 0.29) is 0 Å².